The molecule has 0 spiro atoms. The molecule has 0 bridgehead atoms. The third-order valence-corrected chi connectivity index (χ3v) is 2.86. The van der Waals surface area contributed by atoms with E-state index in [4.69, 9.17) is 4.42 Å². The minimum atomic E-state index is 0.671. The zero-order chi connectivity index (χ0) is 9.97. The van der Waals surface area contributed by atoms with Gasteiger partial charge in [-0.2, -0.15) is 0 Å². The third kappa shape index (κ3) is 1.82. The van der Waals surface area contributed by atoms with Crippen LogP contribution in [0, 0.1) is 11.8 Å². The highest BCUT2D eigenvalue weighted by molar-refractivity contribution is 5.67. The lowest BCUT2D eigenvalue weighted by atomic mass is 9.84. The van der Waals surface area contributed by atoms with Crippen molar-refractivity contribution in [3.05, 3.63) is 42.4 Å². The van der Waals surface area contributed by atoms with Crippen LogP contribution in [0.3, 0.4) is 0 Å². The molecule has 14 heavy (non-hydrogen) atoms. The second-order valence-corrected chi connectivity index (χ2v) is 4.20. The fraction of sp³-hybridized carbons (Fsp3) is 0.385. The molecule has 1 nitrogen and oxygen atoms in total. The van der Waals surface area contributed by atoms with Gasteiger partial charge >= 0.3 is 0 Å². The van der Waals surface area contributed by atoms with Crippen LogP contribution in [-0.2, 0) is 0 Å². The highest BCUT2D eigenvalue weighted by Crippen LogP contribution is 2.31. The van der Waals surface area contributed by atoms with Crippen LogP contribution in [0.4, 0.5) is 0 Å². The van der Waals surface area contributed by atoms with Gasteiger partial charge < -0.3 is 4.42 Å². The summed E-state index contributed by atoms with van der Waals surface area (Å²) in [6, 6.07) is 2.03. The molecular formula is C13H16O. The lowest BCUT2D eigenvalue weighted by Gasteiger charge is -2.21. The Balaban J connectivity index is 2.16. The Morgan fingerprint density at radius 3 is 2.93 bits per heavy atom. The molecule has 0 saturated heterocycles. The van der Waals surface area contributed by atoms with Crippen LogP contribution < -0.4 is 0 Å². The maximum Gasteiger partial charge on any atom is 0.0977 e. The van der Waals surface area contributed by atoms with E-state index in [1.165, 1.54) is 11.1 Å². The normalized spacial score (nSPS) is 21.4. The first-order valence-corrected chi connectivity index (χ1v) is 5.17. The standard InChI is InChI=1S/C13H16O/c1-10(2)11-4-3-5-12(8-11)13-6-7-14-9-13/h3-7,9-11H,8H2,1-2H3. The first-order chi connectivity index (χ1) is 6.77. The molecule has 0 saturated carbocycles. The predicted molar refractivity (Wildman–Crippen MR) is 58.8 cm³/mol. The molecule has 1 unspecified atom stereocenters. The van der Waals surface area contributed by atoms with Gasteiger partial charge in [0.1, 0.15) is 0 Å². The van der Waals surface area contributed by atoms with Crippen LogP contribution in [0.1, 0.15) is 25.8 Å². The lowest BCUT2D eigenvalue weighted by Crippen LogP contribution is -2.08. The second kappa shape index (κ2) is 3.87. The molecule has 0 radical (unpaired) electrons. The number of furan rings is 1. The molecule has 2 rings (SSSR count). The van der Waals surface area contributed by atoms with Gasteiger partial charge in [0, 0.05) is 5.56 Å². The van der Waals surface area contributed by atoms with E-state index in [9.17, 15) is 0 Å². The molecule has 1 heteroatoms. The number of hydrogen-bond acceptors (Lipinski definition) is 1. The quantitative estimate of drug-likeness (QED) is 0.686. The van der Waals surface area contributed by atoms with Crippen molar-refractivity contribution in [1.29, 1.82) is 0 Å². The number of hydrogen-bond donors (Lipinski definition) is 0. The van der Waals surface area contributed by atoms with Gasteiger partial charge in [-0.25, -0.2) is 0 Å². The van der Waals surface area contributed by atoms with Crippen LogP contribution in [-0.4, -0.2) is 0 Å². The van der Waals surface area contributed by atoms with E-state index in [-0.39, 0.29) is 0 Å². The van der Waals surface area contributed by atoms with Crippen molar-refractivity contribution >= 4 is 5.57 Å². The van der Waals surface area contributed by atoms with Gasteiger partial charge in [-0.05, 0) is 29.9 Å². The highest BCUT2D eigenvalue weighted by Gasteiger charge is 2.16. The summed E-state index contributed by atoms with van der Waals surface area (Å²) in [6.07, 6.45) is 11.3. The Kier molecular flexibility index (Phi) is 2.58. The van der Waals surface area contributed by atoms with E-state index in [1.54, 1.807) is 6.26 Å². The Morgan fingerprint density at radius 2 is 2.29 bits per heavy atom. The van der Waals surface area contributed by atoms with Crippen molar-refractivity contribution in [3.8, 4) is 0 Å². The average Bonchev–Trinajstić information content (AvgIpc) is 2.71. The SMILES string of the molecule is CC(C)C1C=CC=C(c2ccoc2)C1. The average molecular weight is 188 g/mol. The minimum absolute atomic E-state index is 0.671. The summed E-state index contributed by atoms with van der Waals surface area (Å²) in [4.78, 5) is 0. The molecular weight excluding hydrogens is 172 g/mol. The van der Waals surface area contributed by atoms with E-state index in [2.05, 4.69) is 32.1 Å². The summed E-state index contributed by atoms with van der Waals surface area (Å²) >= 11 is 0. The molecule has 1 aromatic heterocycles. The van der Waals surface area contributed by atoms with Crippen LogP contribution in [0.15, 0.2) is 41.2 Å². The zero-order valence-electron chi connectivity index (χ0n) is 8.73. The van der Waals surface area contributed by atoms with Crippen molar-refractivity contribution in [2.45, 2.75) is 20.3 Å². The molecule has 74 valence electrons. The van der Waals surface area contributed by atoms with Gasteiger partial charge in [-0.3, -0.25) is 0 Å². The first-order valence-electron chi connectivity index (χ1n) is 5.17. The first kappa shape index (κ1) is 9.32. The maximum atomic E-state index is 5.10. The molecule has 1 aromatic rings. The van der Waals surface area contributed by atoms with Gasteiger partial charge in [-0.1, -0.05) is 32.1 Å². The van der Waals surface area contributed by atoms with Gasteiger partial charge in [0.2, 0.25) is 0 Å². The topological polar surface area (TPSA) is 13.1 Å². The van der Waals surface area contributed by atoms with E-state index in [1.807, 2.05) is 12.3 Å². The van der Waals surface area contributed by atoms with Crippen molar-refractivity contribution in [1.82, 2.24) is 0 Å². The van der Waals surface area contributed by atoms with Gasteiger partial charge in [0.25, 0.3) is 0 Å². The molecule has 1 aliphatic rings. The maximum absolute atomic E-state index is 5.10. The monoisotopic (exact) mass is 188 g/mol. The molecule has 0 amide bonds. The van der Waals surface area contributed by atoms with Gasteiger partial charge in [0.05, 0.1) is 12.5 Å². The summed E-state index contributed by atoms with van der Waals surface area (Å²) < 4.78 is 5.10. The summed E-state index contributed by atoms with van der Waals surface area (Å²) in [5, 5.41) is 0. The molecule has 1 atom stereocenters. The number of allylic oxidation sites excluding steroid dienone is 4. The molecule has 0 fully saturated rings. The second-order valence-electron chi connectivity index (χ2n) is 4.20. The molecule has 0 N–H and O–H groups in total. The lowest BCUT2D eigenvalue weighted by molar-refractivity contribution is 0.472. The Labute approximate surface area is 85.1 Å². The number of rotatable bonds is 2. The van der Waals surface area contributed by atoms with Crippen LogP contribution in [0.25, 0.3) is 5.57 Å². The highest BCUT2D eigenvalue weighted by atomic mass is 16.3. The summed E-state index contributed by atoms with van der Waals surface area (Å²) in [5.41, 5.74) is 2.61. The molecule has 1 aliphatic carbocycles. The van der Waals surface area contributed by atoms with Crippen LogP contribution >= 0.6 is 0 Å². The molecule has 0 aromatic carbocycles. The van der Waals surface area contributed by atoms with Crippen molar-refractivity contribution in [3.63, 3.8) is 0 Å². The van der Waals surface area contributed by atoms with Crippen LogP contribution in [0.5, 0.6) is 0 Å². The predicted octanol–water partition coefficient (Wildman–Crippen LogP) is 3.90. The fourth-order valence-corrected chi connectivity index (χ4v) is 1.82. The van der Waals surface area contributed by atoms with Gasteiger partial charge in [0.15, 0.2) is 0 Å². The van der Waals surface area contributed by atoms with E-state index in [0.29, 0.717) is 11.8 Å². The third-order valence-electron chi connectivity index (χ3n) is 2.86. The van der Waals surface area contributed by atoms with E-state index >= 15 is 0 Å². The van der Waals surface area contributed by atoms with Crippen molar-refractivity contribution < 1.29 is 4.42 Å². The summed E-state index contributed by atoms with van der Waals surface area (Å²) in [5.74, 6) is 1.38. The van der Waals surface area contributed by atoms with E-state index in [0.717, 1.165) is 6.42 Å². The van der Waals surface area contributed by atoms with Crippen LogP contribution in [0.2, 0.25) is 0 Å². The fourth-order valence-electron chi connectivity index (χ4n) is 1.82. The Hall–Kier alpha value is -1.24. The van der Waals surface area contributed by atoms with Crippen molar-refractivity contribution in [2.24, 2.45) is 11.8 Å². The molecule has 0 aliphatic heterocycles. The smallest absolute Gasteiger partial charge is 0.0977 e. The van der Waals surface area contributed by atoms with E-state index < -0.39 is 0 Å². The minimum Gasteiger partial charge on any atom is -0.472 e. The zero-order valence-corrected chi connectivity index (χ0v) is 8.73. The summed E-state index contributed by atoms with van der Waals surface area (Å²) in [6.45, 7) is 4.54. The van der Waals surface area contributed by atoms with Gasteiger partial charge in [-0.15, -0.1) is 0 Å². The Bertz CT molecular complexity index is 341. The summed E-state index contributed by atoms with van der Waals surface area (Å²) in [7, 11) is 0. The Morgan fingerprint density at radius 1 is 1.43 bits per heavy atom. The largest absolute Gasteiger partial charge is 0.472 e. The van der Waals surface area contributed by atoms with Crippen molar-refractivity contribution in [2.75, 3.05) is 0 Å². The molecule has 1 heterocycles.